The van der Waals surface area contributed by atoms with Crippen LogP contribution >= 0.6 is 11.3 Å². The third-order valence-electron chi connectivity index (χ3n) is 6.20. The van der Waals surface area contributed by atoms with Crippen LogP contribution in [0.2, 0.25) is 0 Å². The van der Waals surface area contributed by atoms with Gasteiger partial charge in [0.15, 0.2) is 0 Å². The Morgan fingerprint density at radius 3 is 2.53 bits per heavy atom. The van der Waals surface area contributed by atoms with Gasteiger partial charge in [-0.25, -0.2) is 13.2 Å². The van der Waals surface area contributed by atoms with Crippen molar-refractivity contribution < 1.29 is 23.1 Å². The summed E-state index contributed by atoms with van der Waals surface area (Å²) in [5, 5.41) is 14.2. The number of rotatable bonds is 12. The molecule has 2 aromatic rings. The minimum atomic E-state index is -4.15. The van der Waals surface area contributed by atoms with Crippen molar-refractivity contribution in [3.05, 3.63) is 45.1 Å². The number of hydrogen-bond donors (Lipinski definition) is 3. The molecule has 0 atom stereocenters. The quantitative estimate of drug-likeness (QED) is 0.374. The number of nitrogens with one attached hydrogen (secondary N) is 2. The van der Waals surface area contributed by atoms with Crippen LogP contribution in [0.4, 0.5) is 5.69 Å². The number of nitrogens with zero attached hydrogens (tertiary/aromatic N) is 1. The van der Waals surface area contributed by atoms with Crippen molar-refractivity contribution in [2.24, 2.45) is 0 Å². The lowest BCUT2D eigenvalue weighted by Crippen LogP contribution is -2.28. The predicted molar refractivity (Wildman–Crippen MR) is 135 cm³/mol. The second-order valence-electron chi connectivity index (χ2n) is 8.35. The molecule has 34 heavy (non-hydrogen) atoms. The van der Waals surface area contributed by atoms with Gasteiger partial charge in [-0.05, 0) is 86.8 Å². The van der Waals surface area contributed by atoms with Crippen molar-refractivity contribution in [2.45, 2.75) is 57.3 Å². The molecule has 1 aromatic carbocycles. The summed E-state index contributed by atoms with van der Waals surface area (Å²) in [5.41, 5.74) is 1.66. The van der Waals surface area contributed by atoms with E-state index < -0.39 is 21.9 Å². The highest BCUT2D eigenvalue weighted by molar-refractivity contribution is 7.93. The number of aromatic carboxylic acids is 1. The maximum Gasteiger partial charge on any atom is 0.338 e. The van der Waals surface area contributed by atoms with Crippen molar-refractivity contribution in [1.82, 2.24) is 10.2 Å². The highest BCUT2D eigenvalue weighted by atomic mass is 32.2. The van der Waals surface area contributed by atoms with Gasteiger partial charge < -0.3 is 15.3 Å². The fraction of sp³-hybridized carbons (Fsp3) is 0.500. The maximum atomic E-state index is 13.2. The molecule has 1 amide bonds. The number of thiophene rings is 1. The van der Waals surface area contributed by atoms with Gasteiger partial charge >= 0.3 is 5.97 Å². The molecule has 0 saturated carbocycles. The molecule has 0 bridgehead atoms. The summed E-state index contributed by atoms with van der Waals surface area (Å²) in [7, 11) is -4.15. The summed E-state index contributed by atoms with van der Waals surface area (Å²) in [6.45, 7) is 7.61. The average Bonchev–Trinajstić information content (AvgIpc) is 3.32. The van der Waals surface area contributed by atoms with Gasteiger partial charge in [-0.15, -0.1) is 11.3 Å². The largest absolute Gasteiger partial charge is 0.478 e. The lowest BCUT2D eigenvalue weighted by Gasteiger charge is -2.20. The Balaban J connectivity index is 1.71. The van der Waals surface area contributed by atoms with E-state index in [2.05, 4.69) is 28.8 Å². The van der Waals surface area contributed by atoms with E-state index in [0.717, 1.165) is 68.6 Å². The van der Waals surface area contributed by atoms with Gasteiger partial charge in [-0.1, -0.05) is 19.9 Å². The number of fused-ring (bicyclic) bond motifs is 1. The fourth-order valence-corrected chi connectivity index (χ4v) is 6.73. The molecule has 0 radical (unpaired) electrons. The number of benzene rings is 1. The summed E-state index contributed by atoms with van der Waals surface area (Å²) >= 11 is 1.05. The summed E-state index contributed by atoms with van der Waals surface area (Å²) in [4.78, 5) is 26.9. The number of anilines is 1. The minimum Gasteiger partial charge on any atom is -0.478 e. The summed E-state index contributed by atoms with van der Waals surface area (Å²) < 4.78 is 28.8. The molecule has 0 fully saturated rings. The zero-order valence-electron chi connectivity index (χ0n) is 19.7. The van der Waals surface area contributed by atoms with Gasteiger partial charge in [0.05, 0.1) is 11.3 Å². The zero-order chi connectivity index (χ0) is 24.7. The first-order valence-electron chi connectivity index (χ1n) is 11.8. The van der Waals surface area contributed by atoms with Crippen LogP contribution in [0.15, 0.2) is 28.5 Å². The maximum absolute atomic E-state index is 13.2. The first-order chi connectivity index (χ1) is 16.3. The molecule has 1 aromatic heterocycles. The number of carboxylic acids is 1. The number of unbranched alkanes of at least 4 members (excludes halogenated alkanes) is 1. The van der Waals surface area contributed by atoms with Crippen LogP contribution in [-0.4, -0.2) is 56.5 Å². The van der Waals surface area contributed by atoms with Gasteiger partial charge in [0.25, 0.3) is 15.9 Å². The third-order valence-corrected chi connectivity index (χ3v) is 8.65. The molecule has 8 nitrogen and oxygen atoms in total. The number of carbonyl (C=O) groups excluding carboxylic acids is 1. The van der Waals surface area contributed by atoms with Gasteiger partial charge in [0, 0.05) is 6.54 Å². The molecule has 0 saturated heterocycles. The molecule has 186 valence electrons. The second kappa shape index (κ2) is 11.8. The van der Waals surface area contributed by atoms with Crippen LogP contribution in [0, 0.1) is 0 Å². The Morgan fingerprint density at radius 1 is 1.09 bits per heavy atom. The molecule has 1 aliphatic carbocycles. The molecular formula is C24H33N3O5S2. The van der Waals surface area contributed by atoms with Crippen molar-refractivity contribution in [3.8, 4) is 0 Å². The normalized spacial score (nSPS) is 13.5. The standard InChI is InChI=1S/C24H33N3O5S2/c1-3-27(4-2)15-8-7-14-25-23(28)22-20(13-16-33-22)34(31,32)26-19-12-11-17-9-5-6-10-18(17)21(19)24(29)30/h11-13,16,26H,3-10,14-15H2,1-2H3,(H,25,28)(H,29,30). The highest BCUT2D eigenvalue weighted by Crippen LogP contribution is 2.32. The van der Waals surface area contributed by atoms with Gasteiger partial charge in [-0.2, -0.15) is 0 Å². The lowest BCUT2D eigenvalue weighted by atomic mass is 9.87. The van der Waals surface area contributed by atoms with E-state index in [1.807, 2.05) is 0 Å². The fourth-order valence-electron chi connectivity index (χ4n) is 4.31. The Labute approximate surface area is 205 Å². The van der Waals surface area contributed by atoms with E-state index >= 15 is 0 Å². The smallest absolute Gasteiger partial charge is 0.338 e. The van der Waals surface area contributed by atoms with Gasteiger partial charge in [-0.3, -0.25) is 9.52 Å². The molecule has 1 heterocycles. The monoisotopic (exact) mass is 507 g/mol. The number of sulfonamides is 1. The molecule has 3 N–H and O–H groups in total. The van der Waals surface area contributed by atoms with Gasteiger partial charge in [0.1, 0.15) is 9.77 Å². The molecule has 0 aliphatic heterocycles. The van der Waals surface area contributed by atoms with Crippen LogP contribution in [0.25, 0.3) is 0 Å². The van der Waals surface area contributed by atoms with Crippen molar-refractivity contribution in [3.63, 3.8) is 0 Å². The van der Waals surface area contributed by atoms with E-state index in [-0.39, 0.29) is 21.0 Å². The molecule has 0 spiro atoms. The summed E-state index contributed by atoms with van der Waals surface area (Å²) in [6, 6.07) is 4.67. The van der Waals surface area contributed by atoms with E-state index in [0.29, 0.717) is 18.5 Å². The molecular weight excluding hydrogens is 474 g/mol. The van der Waals surface area contributed by atoms with Crippen LogP contribution in [0.1, 0.15) is 70.7 Å². The number of carbonyl (C=O) groups is 2. The third kappa shape index (κ3) is 6.17. The minimum absolute atomic E-state index is 0.00444. The van der Waals surface area contributed by atoms with E-state index in [4.69, 9.17) is 0 Å². The number of aryl methyl sites for hydroxylation is 1. The van der Waals surface area contributed by atoms with Crippen LogP contribution in [0.3, 0.4) is 0 Å². The van der Waals surface area contributed by atoms with Crippen molar-refractivity contribution in [2.75, 3.05) is 30.9 Å². The number of carboxylic acid groups (broad SMARTS) is 1. The molecule has 0 unspecified atom stereocenters. The Morgan fingerprint density at radius 2 is 1.82 bits per heavy atom. The first kappa shape index (κ1) is 26.2. The van der Waals surface area contributed by atoms with Crippen molar-refractivity contribution in [1.29, 1.82) is 0 Å². The number of amides is 1. The lowest BCUT2D eigenvalue weighted by molar-refractivity contribution is 0.0696. The first-order valence-corrected chi connectivity index (χ1v) is 14.1. The van der Waals surface area contributed by atoms with Crippen LogP contribution < -0.4 is 10.0 Å². The Bertz CT molecular complexity index is 1120. The predicted octanol–water partition coefficient (Wildman–Crippen LogP) is 3.98. The zero-order valence-corrected chi connectivity index (χ0v) is 21.4. The topological polar surface area (TPSA) is 116 Å². The van der Waals surface area contributed by atoms with Gasteiger partial charge in [0.2, 0.25) is 0 Å². The molecule has 1 aliphatic rings. The van der Waals surface area contributed by atoms with Crippen LogP contribution in [-0.2, 0) is 22.9 Å². The Kier molecular flexibility index (Phi) is 9.10. The Hall–Kier alpha value is -2.43. The van der Waals surface area contributed by atoms with E-state index in [9.17, 15) is 23.1 Å². The van der Waals surface area contributed by atoms with E-state index in [1.54, 1.807) is 11.4 Å². The second-order valence-corrected chi connectivity index (χ2v) is 10.9. The molecule has 3 rings (SSSR count). The highest BCUT2D eigenvalue weighted by Gasteiger charge is 2.28. The SMILES string of the molecule is CCN(CC)CCCCNC(=O)c1sccc1S(=O)(=O)Nc1ccc2c(c1C(=O)O)CCCC2. The summed E-state index contributed by atoms with van der Waals surface area (Å²) in [5.74, 6) is -1.61. The molecule has 10 heteroatoms. The number of hydrogen-bond acceptors (Lipinski definition) is 6. The van der Waals surface area contributed by atoms with E-state index in [1.165, 1.54) is 12.1 Å². The summed E-state index contributed by atoms with van der Waals surface area (Å²) in [6.07, 6.45) is 4.98. The average molecular weight is 508 g/mol. The van der Waals surface area contributed by atoms with Crippen LogP contribution in [0.5, 0.6) is 0 Å². The van der Waals surface area contributed by atoms with Crippen molar-refractivity contribution >= 4 is 38.9 Å².